The van der Waals surface area contributed by atoms with E-state index in [9.17, 15) is 9.59 Å². The Morgan fingerprint density at radius 2 is 1.50 bits per heavy atom. The summed E-state index contributed by atoms with van der Waals surface area (Å²) in [5, 5.41) is -0.577. The van der Waals surface area contributed by atoms with Gasteiger partial charge in [0, 0.05) is 0 Å². The summed E-state index contributed by atoms with van der Waals surface area (Å²) in [6.45, 7) is 15.0. The van der Waals surface area contributed by atoms with Gasteiger partial charge in [0.2, 0.25) is 5.24 Å². The van der Waals surface area contributed by atoms with Crippen LogP contribution in [0.5, 0.6) is 0 Å². The molecule has 0 aliphatic carbocycles. The van der Waals surface area contributed by atoms with Crippen molar-refractivity contribution in [1.82, 2.24) is 0 Å². The molecule has 1 aromatic carbocycles. The molecule has 2 atom stereocenters. The lowest BCUT2D eigenvalue weighted by atomic mass is 9.69. The molecule has 3 heteroatoms. The topological polar surface area (TPSA) is 34.1 Å². The highest BCUT2D eigenvalue weighted by Gasteiger charge is 2.30. The molecule has 0 spiro atoms. The van der Waals surface area contributed by atoms with Crippen LogP contribution in [0, 0.1) is 16.7 Å². The lowest BCUT2D eigenvalue weighted by Crippen LogP contribution is -2.24. The molecule has 0 aromatic heterocycles. The van der Waals surface area contributed by atoms with E-state index in [2.05, 4.69) is 53.7 Å². The van der Waals surface area contributed by atoms with E-state index in [1.807, 2.05) is 12.1 Å². The Bertz CT molecular complexity index is 559. The van der Waals surface area contributed by atoms with E-state index in [1.54, 1.807) is 0 Å². The zero-order valence-corrected chi connectivity index (χ0v) is 16.8. The van der Waals surface area contributed by atoms with E-state index < -0.39 is 11.2 Å². The highest BCUT2D eigenvalue weighted by Crippen LogP contribution is 2.43. The summed E-state index contributed by atoms with van der Waals surface area (Å²) in [6, 6.07) is 8.30. The molecule has 2 unspecified atom stereocenters. The molecule has 0 heterocycles. The van der Waals surface area contributed by atoms with Gasteiger partial charge >= 0.3 is 0 Å². The minimum atomic E-state index is -0.745. The number of Topliss-reactive ketones (excluding diaryl/α,β-unsaturated/α-hetero) is 1. The fourth-order valence-electron chi connectivity index (χ4n) is 3.04. The summed E-state index contributed by atoms with van der Waals surface area (Å²) in [6.07, 6.45) is 1.48. The first-order chi connectivity index (χ1) is 10.8. The van der Waals surface area contributed by atoms with E-state index in [0.717, 1.165) is 12.0 Å². The first kappa shape index (κ1) is 20.9. The number of carbonyl (C=O) groups is 2. The predicted octanol–water partition coefficient (Wildman–Crippen LogP) is 5.77. The van der Waals surface area contributed by atoms with Gasteiger partial charge in [0.25, 0.3) is 0 Å². The summed E-state index contributed by atoms with van der Waals surface area (Å²) in [5.74, 6) is -0.477. The molecule has 0 saturated carbocycles. The highest BCUT2D eigenvalue weighted by atomic mass is 35.5. The quantitative estimate of drug-likeness (QED) is 0.482. The fourth-order valence-corrected chi connectivity index (χ4v) is 3.27. The van der Waals surface area contributed by atoms with Crippen molar-refractivity contribution in [2.45, 2.75) is 67.2 Å². The van der Waals surface area contributed by atoms with Crippen molar-refractivity contribution in [3.8, 4) is 0 Å². The Morgan fingerprint density at radius 3 is 1.83 bits per heavy atom. The van der Waals surface area contributed by atoms with Crippen LogP contribution < -0.4 is 0 Å². The maximum absolute atomic E-state index is 11.5. The van der Waals surface area contributed by atoms with Crippen molar-refractivity contribution in [1.29, 1.82) is 0 Å². The van der Waals surface area contributed by atoms with Crippen molar-refractivity contribution < 1.29 is 9.59 Å². The van der Waals surface area contributed by atoms with Crippen molar-refractivity contribution in [3.05, 3.63) is 35.4 Å². The van der Waals surface area contributed by atoms with Gasteiger partial charge in [0.15, 0.2) is 0 Å². The smallest absolute Gasteiger partial charge is 0.232 e. The molecule has 2 nitrogen and oxygen atoms in total. The number of carbonyl (C=O) groups excluding carboxylic acids is 2. The van der Waals surface area contributed by atoms with Crippen LogP contribution in [0.2, 0.25) is 0 Å². The van der Waals surface area contributed by atoms with Crippen LogP contribution in [-0.4, -0.2) is 11.0 Å². The Hall–Kier alpha value is -1.15. The molecule has 0 N–H and O–H groups in total. The average Bonchev–Trinajstić information content (AvgIpc) is 2.40. The first-order valence-electron chi connectivity index (χ1n) is 8.60. The molecular formula is C21H31ClO2. The molecule has 1 aromatic rings. The number of benzene rings is 1. The van der Waals surface area contributed by atoms with Crippen LogP contribution in [0.1, 0.15) is 71.9 Å². The zero-order chi connectivity index (χ0) is 18.7. The van der Waals surface area contributed by atoms with Crippen LogP contribution in [-0.2, 0) is 16.0 Å². The van der Waals surface area contributed by atoms with E-state index in [0.29, 0.717) is 12.3 Å². The van der Waals surface area contributed by atoms with Gasteiger partial charge in [-0.3, -0.25) is 9.59 Å². The average molecular weight is 351 g/mol. The third-order valence-corrected chi connectivity index (χ3v) is 4.71. The SMILES string of the molecule is CC(=O)C(Cc1ccc(C(CC(C)(C)C)C(C)(C)C)cc1)C(=O)Cl. The van der Waals surface area contributed by atoms with Gasteiger partial charge < -0.3 is 0 Å². The maximum Gasteiger partial charge on any atom is 0.232 e. The molecule has 0 aliphatic heterocycles. The molecular weight excluding hydrogens is 320 g/mol. The summed E-state index contributed by atoms with van der Waals surface area (Å²) < 4.78 is 0. The van der Waals surface area contributed by atoms with Gasteiger partial charge in [-0.2, -0.15) is 0 Å². The molecule has 134 valence electrons. The molecule has 0 aliphatic rings. The first-order valence-corrected chi connectivity index (χ1v) is 8.97. The van der Waals surface area contributed by atoms with Gasteiger partial charge in [0.1, 0.15) is 5.78 Å². The summed E-state index contributed by atoms with van der Waals surface area (Å²) in [5.41, 5.74) is 2.69. The Kier molecular flexibility index (Phi) is 6.81. The van der Waals surface area contributed by atoms with Crippen LogP contribution in [0.15, 0.2) is 24.3 Å². The maximum atomic E-state index is 11.5. The molecule has 0 bridgehead atoms. The molecule has 0 fully saturated rings. The van der Waals surface area contributed by atoms with E-state index >= 15 is 0 Å². The van der Waals surface area contributed by atoms with Gasteiger partial charge in [-0.1, -0.05) is 65.8 Å². The van der Waals surface area contributed by atoms with E-state index in [-0.39, 0.29) is 16.6 Å². The van der Waals surface area contributed by atoms with E-state index in [4.69, 9.17) is 11.6 Å². The third-order valence-electron chi connectivity index (χ3n) is 4.45. The van der Waals surface area contributed by atoms with Gasteiger partial charge in [-0.25, -0.2) is 0 Å². The van der Waals surface area contributed by atoms with Crippen molar-refractivity contribution in [3.63, 3.8) is 0 Å². The fraction of sp³-hybridized carbons (Fsp3) is 0.619. The molecule has 1 rings (SSSR count). The Balaban J connectivity index is 3.02. The molecule has 0 amide bonds. The van der Waals surface area contributed by atoms with Crippen LogP contribution in [0.25, 0.3) is 0 Å². The molecule has 24 heavy (non-hydrogen) atoms. The number of ketones is 1. The normalized spacial score (nSPS) is 15.0. The summed E-state index contributed by atoms with van der Waals surface area (Å²) in [4.78, 5) is 22.9. The summed E-state index contributed by atoms with van der Waals surface area (Å²) in [7, 11) is 0. The Labute approximate surface area is 152 Å². The highest BCUT2D eigenvalue weighted by molar-refractivity contribution is 6.65. The lowest BCUT2D eigenvalue weighted by Gasteiger charge is -2.36. The number of hydrogen-bond acceptors (Lipinski definition) is 2. The number of halogens is 1. The van der Waals surface area contributed by atoms with Gasteiger partial charge in [-0.05, 0) is 59.2 Å². The lowest BCUT2D eigenvalue weighted by molar-refractivity contribution is -0.127. The monoisotopic (exact) mass is 350 g/mol. The molecule has 0 saturated heterocycles. The minimum Gasteiger partial charge on any atom is -0.299 e. The van der Waals surface area contributed by atoms with Crippen molar-refractivity contribution in [2.75, 3.05) is 0 Å². The van der Waals surface area contributed by atoms with E-state index in [1.165, 1.54) is 12.5 Å². The minimum absolute atomic E-state index is 0.169. The zero-order valence-electron chi connectivity index (χ0n) is 16.1. The number of hydrogen-bond donors (Lipinski definition) is 0. The standard InChI is InChI=1S/C21H31ClO2/c1-14(23)17(19(22)24)12-15-8-10-16(11-9-15)18(21(5,6)7)13-20(2,3)4/h8-11,17-18H,12-13H2,1-7H3. The van der Waals surface area contributed by atoms with Gasteiger partial charge in [0.05, 0.1) is 5.92 Å². The second kappa shape index (κ2) is 7.82. The largest absolute Gasteiger partial charge is 0.299 e. The predicted molar refractivity (Wildman–Crippen MR) is 101 cm³/mol. The van der Waals surface area contributed by atoms with Crippen molar-refractivity contribution >= 4 is 22.6 Å². The van der Waals surface area contributed by atoms with Crippen LogP contribution >= 0.6 is 11.6 Å². The second-order valence-corrected chi connectivity index (χ2v) is 9.47. The third kappa shape index (κ3) is 6.39. The molecule has 0 radical (unpaired) electrons. The van der Waals surface area contributed by atoms with Gasteiger partial charge in [-0.15, -0.1) is 0 Å². The summed E-state index contributed by atoms with van der Waals surface area (Å²) >= 11 is 5.54. The number of rotatable bonds is 6. The van der Waals surface area contributed by atoms with Crippen LogP contribution in [0.3, 0.4) is 0 Å². The second-order valence-electron chi connectivity index (χ2n) is 9.10. The van der Waals surface area contributed by atoms with Crippen molar-refractivity contribution in [2.24, 2.45) is 16.7 Å². The Morgan fingerprint density at radius 1 is 1.00 bits per heavy atom. The van der Waals surface area contributed by atoms with Crippen LogP contribution in [0.4, 0.5) is 0 Å².